The number of carboxylic acids is 1. The number of nitrogens with zero attached hydrogens (tertiary/aromatic N) is 1. The summed E-state index contributed by atoms with van der Waals surface area (Å²) >= 11 is 5.97. The molecule has 7 heteroatoms. The molecule has 0 aromatic heterocycles. The Morgan fingerprint density at radius 3 is 2.65 bits per heavy atom. The van der Waals surface area contributed by atoms with Crippen molar-refractivity contribution in [3.63, 3.8) is 0 Å². The predicted octanol–water partition coefficient (Wildman–Crippen LogP) is 2.92. The van der Waals surface area contributed by atoms with E-state index in [1.807, 2.05) is 6.07 Å². The summed E-state index contributed by atoms with van der Waals surface area (Å²) in [6.45, 7) is 0.392. The van der Waals surface area contributed by atoms with Crippen molar-refractivity contribution < 1.29 is 14.7 Å². The van der Waals surface area contributed by atoms with E-state index >= 15 is 0 Å². The number of rotatable bonds is 9. The van der Waals surface area contributed by atoms with Gasteiger partial charge in [0.25, 0.3) is 5.91 Å². The third-order valence-corrected chi connectivity index (χ3v) is 3.29. The van der Waals surface area contributed by atoms with Crippen LogP contribution in [0.5, 0.6) is 0 Å². The lowest BCUT2D eigenvalue weighted by Gasteiger charge is -2.06. The molecule has 1 rings (SSSR count). The van der Waals surface area contributed by atoms with Gasteiger partial charge in [-0.05, 0) is 25.0 Å². The van der Waals surface area contributed by atoms with Crippen LogP contribution in [0.2, 0.25) is 5.02 Å². The quantitative estimate of drug-likeness (QED) is 0.366. The number of halogens is 1. The number of unbranched alkanes of at least 4 members (excludes halogenated alkanes) is 2. The van der Waals surface area contributed by atoms with Crippen LogP contribution in [0.4, 0.5) is 5.69 Å². The van der Waals surface area contributed by atoms with E-state index < -0.39 is 11.9 Å². The predicted molar refractivity (Wildman–Crippen MR) is 87.9 cm³/mol. The molecule has 0 bridgehead atoms. The maximum absolute atomic E-state index is 11.9. The number of hydrogen-bond donors (Lipinski definition) is 3. The average molecular weight is 336 g/mol. The highest BCUT2D eigenvalue weighted by molar-refractivity contribution is 6.33. The monoisotopic (exact) mass is 335 g/mol. The van der Waals surface area contributed by atoms with Crippen LogP contribution < -0.4 is 10.6 Å². The summed E-state index contributed by atoms with van der Waals surface area (Å²) in [7, 11) is 0. The van der Waals surface area contributed by atoms with E-state index in [0.29, 0.717) is 36.5 Å². The highest BCUT2D eigenvalue weighted by Crippen LogP contribution is 2.20. The molecule has 0 fully saturated rings. The largest absolute Gasteiger partial charge is 0.481 e. The van der Waals surface area contributed by atoms with Gasteiger partial charge < -0.3 is 15.7 Å². The first-order valence-electron chi connectivity index (χ1n) is 7.16. The normalized spacial score (nSPS) is 10.7. The second kappa shape index (κ2) is 10.2. The molecule has 0 aliphatic carbocycles. The lowest BCUT2D eigenvalue weighted by Crippen LogP contribution is -2.26. The van der Waals surface area contributed by atoms with Gasteiger partial charge in [-0.1, -0.05) is 30.2 Å². The maximum atomic E-state index is 11.9. The number of nitriles is 1. The van der Waals surface area contributed by atoms with Crippen molar-refractivity contribution in [2.24, 2.45) is 0 Å². The highest BCUT2D eigenvalue weighted by atomic mass is 35.5. The van der Waals surface area contributed by atoms with Gasteiger partial charge >= 0.3 is 5.97 Å². The number of para-hydroxylation sites is 1. The van der Waals surface area contributed by atoms with Crippen LogP contribution in [-0.2, 0) is 9.59 Å². The van der Waals surface area contributed by atoms with Crippen LogP contribution in [0.25, 0.3) is 0 Å². The van der Waals surface area contributed by atoms with Crippen molar-refractivity contribution in [3.8, 4) is 6.07 Å². The van der Waals surface area contributed by atoms with Crippen LogP contribution >= 0.6 is 11.6 Å². The summed E-state index contributed by atoms with van der Waals surface area (Å²) in [6.07, 6.45) is 3.37. The van der Waals surface area contributed by atoms with Crippen molar-refractivity contribution in [1.82, 2.24) is 5.32 Å². The number of anilines is 1. The number of carboxylic acid groups (broad SMARTS) is 1. The van der Waals surface area contributed by atoms with Gasteiger partial charge in [-0.3, -0.25) is 9.59 Å². The lowest BCUT2D eigenvalue weighted by atomic mass is 10.2. The highest BCUT2D eigenvalue weighted by Gasteiger charge is 2.08. The molecule has 0 heterocycles. The lowest BCUT2D eigenvalue weighted by molar-refractivity contribution is -0.137. The minimum Gasteiger partial charge on any atom is -0.481 e. The van der Waals surface area contributed by atoms with Gasteiger partial charge in [-0.25, -0.2) is 0 Å². The Labute approximate surface area is 139 Å². The van der Waals surface area contributed by atoms with Gasteiger partial charge in [0.1, 0.15) is 11.6 Å². The Kier molecular flexibility index (Phi) is 8.25. The molecule has 1 aromatic carbocycles. The van der Waals surface area contributed by atoms with Crippen molar-refractivity contribution >= 4 is 29.2 Å². The fourth-order valence-electron chi connectivity index (χ4n) is 1.75. The van der Waals surface area contributed by atoms with Crippen LogP contribution in [0.15, 0.2) is 36.0 Å². The van der Waals surface area contributed by atoms with E-state index in [0.717, 1.165) is 0 Å². The number of benzene rings is 1. The summed E-state index contributed by atoms with van der Waals surface area (Å²) < 4.78 is 0. The topological polar surface area (TPSA) is 102 Å². The molecule has 0 atom stereocenters. The average Bonchev–Trinajstić information content (AvgIpc) is 2.52. The van der Waals surface area contributed by atoms with E-state index in [-0.39, 0.29) is 12.0 Å². The second-order valence-electron chi connectivity index (χ2n) is 4.75. The fraction of sp³-hybridized carbons (Fsp3) is 0.312. The molecular formula is C16H18ClN3O3. The summed E-state index contributed by atoms with van der Waals surface area (Å²) in [5, 5.41) is 23.5. The number of nitrogens with one attached hydrogen (secondary N) is 2. The van der Waals surface area contributed by atoms with E-state index in [4.69, 9.17) is 22.0 Å². The van der Waals surface area contributed by atoms with Crippen molar-refractivity contribution in [2.45, 2.75) is 25.7 Å². The summed E-state index contributed by atoms with van der Waals surface area (Å²) in [4.78, 5) is 22.2. The molecule has 122 valence electrons. The Balaban J connectivity index is 2.40. The first kappa shape index (κ1) is 18.5. The molecule has 0 saturated carbocycles. The fourth-order valence-corrected chi connectivity index (χ4v) is 1.94. The third-order valence-electron chi connectivity index (χ3n) is 2.96. The summed E-state index contributed by atoms with van der Waals surface area (Å²) in [6, 6.07) is 8.81. The van der Waals surface area contributed by atoms with Crippen LogP contribution in [0.3, 0.4) is 0 Å². The van der Waals surface area contributed by atoms with Crippen LogP contribution in [0.1, 0.15) is 25.7 Å². The molecule has 3 N–H and O–H groups in total. The van der Waals surface area contributed by atoms with E-state index in [9.17, 15) is 9.59 Å². The van der Waals surface area contributed by atoms with Gasteiger partial charge in [0.05, 0.1) is 10.7 Å². The van der Waals surface area contributed by atoms with Gasteiger partial charge in [0.2, 0.25) is 0 Å². The number of aliphatic carboxylic acids is 1. The van der Waals surface area contributed by atoms with Gasteiger partial charge in [0, 0.05) is 19.2 Å². The Morgan fingerprint density at radius 2 is 2.00 bits per heavy atom. The molecule has 0 saturated heterocycles. The van der Waals surface area contributed by atoms with Gasteiger partial charge in [-0.2, -0.15) is 5.26 Å². The van der Waals surface area contributed by atoms with E-state index in [2.05, 4.69) is 10.6 Å². The van der Waals surface area contributed by atoms with Crippen molar-refractivity contribution in [1.29, 1.82) is 5.26 Å². The van der Waals surface area contributed by atoms with E-state index in [1.165, 1.54) is 6.20 Å². The Morgan fingerprint density at radius 1 is 1.26 bits per heavy atom. The van der Waals surface area contributed by atoms with Crippen molar-refractivity contribution in [2.75, 3.05) is 11.9 Å². The molecule has 0 unspecified atom stereocenters. The SMILES string of the molecule is N#C/C(=C/Nc1ccccc1Cl)C(=O)NCCCCCC(=O)O. The summed E-state index contributed by atoms with van der Waals surface area (Å²) in [5.74, 6) is -1.31. The first-order chi connectivity index (χ1) is 11.0. The molecule has 0 aliphatic rings. The number of hydrogen-bond acceptors (Lipinski definition) is 4. The van der Waals surface area contributed by atoms with E-state index in [1.54, 1.807) is 24.3 Å². The zero-order valence-corrected chi connectivity index (χ0v) is 13.3. The third kappa shape index (κ3) is 7.34. The number of amides is 1. The zero-order chi connectivity index (χ0) is 17.1. The molecule has 0 aliphatic heterocycles. The maximum Gasteiger partial charge on any atom is 0.303 e. The first-order valence-corrected chi connectivity index (χ1v) is 7.53. The molecule has 23 heavy (non-hydrogen) atoms. The van der Waals surface area contributed by atoms with Crippen LogP contribution in [-0.4, -0.2) is 23.5 Å². The number of carbonyl (C=O) groups is 2. The molecule has 6 nitrogen and oxygen atoms in total. The molecule has 1 amide bonds. The summed E-state index contributed by atoms with van der Waals surface area (Å²) in [5.41, 5.74) is 0.541. The minimum atomic E-state index is -0.825. The van der Waals surface area contributed by atoms with Gasteiger partial charge in [-0.15, -0.1) is 0 Å². The second-order valence-corrected chi connectivity index (χ2v) is 5.16. The zero-order valence-electron chi connectivity index (χ0n) is 12.5. The molecule has 1 aromatic rings. The van der Waals surface area contributed by atoms with Crippen molar-refractivity contribution in [3.05, 3.63) is 41.1 Å². The number of carbonyl (C=O) groups excluding carboxylic acids is 1. The smallest absolute Gasteiger partial charge is 0.303 e. The Hall–Kier alpha value is -2.52. The standard InChI is InChI=1S/C16H18ClN3O3/c17-13-6-3-4-7-14(13)20-11-12(10-18)16(23)19-9-5-1-2-8-15(21)22/h3-4,6-7,11,20H,1-2,5,8-9H2,(H,19,23)(H,21,22)/b12-11-. The molecular weight excluding hydrogens is 318 g/mol. The van der Waals surface area contributed by atoms with Gasteiger partial charge in [0.15, 0.2) is 0 Å². The molecule has 0 spiro atoms. The van der Waals surface area contributed by atoms with Crippen LogP contribution in [0, 0.1) is 11.3 Å². The molecule has 0 radical (unpaired) electrons. The Bertz CT molecular complexity index is 623. The minimum absolute atomic E-state index is 0.0598.